The standard InChI is InChI=1S/C29H24ClN2O2P.ClHO4/c1-31-29(34)26(32-28(33)22-14-6-2-7-15-22)27(30)35(23-16-8-3-9-17-23,24-18-10-4-11-19-24)25-20-12-5-13-21-25;2-1(3,4)5/h2-21H,1H3,(H-,31,32,33,34);(H,2,3,4,5)/b27-26+;. The fourth-order valence-electron chi connectivity index (χ4n) is 4.01. The van der Waals surface area contributed by atoms with Gasteiger partial charge < -0.3 is 10.6 Å². The second-order valence-corrected chi connectivity index (χ2v) is 12.9. The molecule has 0 radical (unpaired) electrons. The maximum absolute atomic E-state index is 13.2. The van der Waals surface area contributed by atoms with Gasteiger partial charge >= 0.3 is 0 Å². The first-order valence-corrected chi connectivity index (χ1v) is 15.2. The lowest BCUT2D eigenvalue weighted by molar-refractivity contribution is -2.00. The van der Waals surface area contributed by atoms with Crippen molar-refractivity contribution in [3.05, 3.63) is 137 Å². The predicted molar refractivity (Wildman–Crippen MR) is 146 cm³/mol. The van der Waals surface area contributed by atoms with E-state index in [1.54, 1.807) is 24.3 Å². The SMILES string of the molecule is CNC(=O)/C(NC(=O)c1ccccc1)=C(/Cl)[P+](c1ccccc1)(c1ccccc1)c1ccccc1.[O-][Cl+3]([O-])([O-])[O-]. The maximum Gasteiger partial charge on any atom is 0.272 e. The number of hydrogen-bond acceptors (Lipinski definition) is 6. The van der Waals surface area contributed by atoms with Crippen LogP contribution in [0.1, 0.15) is 10.4 Å². The summed E-state index contributed by atoms with van der Waals surface area (Å²) in [5.74, 6) is -0.874. The zero-order chi connectivity index (χ0) is 29.2. The molecule has 0 heterocycles. The lowest BCUT2D eigenvalue weighted by Gasteiger charge is -2.28. The number of carbonyl (C=O) groups excluding carboxylic acids is 2. The molecule has 0 unspecified atom stereocenters. The van der Waals surface area contributed by atoms with Crippen molar-refractivity contribution in [2.24, 2.45) is 0 Å². The van der Waals surface area contributed by atoms with Crippen molar-refractivity contribution in [3.8, 4) is 0 Å². The van der Waals surface area contributed by atoms with Crippen LogP contribution in [0.4, 0.5) is 0 Å². The molecular formula is C29H25Cl2N2O6P. The van der Waals surface area contributed by atoms with E-state index in [1.165, 1.54) is 7.05 Å². The summed E-state index contributed by atoms with van der Waals surface area (Å²) in [5, 5.41) is 8.38. The van der Waals surface area contributed by atoms with Crippen molar-refractivity contribution in [2.45, 2.75) is 0 Å². The number of carbonyl (C=O) groups is 2. The van der Waals surface area contributed by atoms with Crippen molar-refractivity contribution in [1.29, 1.82) is 0 Å². The maximum atomic E-state index is 13.2. The summed E-state index contributed by atoms with van der Waals surface area (Å²) < 4.78 is 34.3. The Morgan fingerprint density at radius 3 is 1.30 bits per heavy atom. The molecule has 0 saturated heterocycles. The third kappa shape index (κ3) is 7.75. The van der Waals surface area contributed by atoms with Gasteiger partial charge in [-0.3, -0.25) is 9.59 Å². The first kappa shape index (κ1) is 30.9. The summed E-state index contributed by atoms with van der Waals surface area (Å²) in [6.45, 7) is 0. The van der Waals surface area contributed by atoms with E-state index in [2.05, 4.69) is 10.6 Å². The summed E-state index contributed by atoms with van der Waals surface area (Å²) in [6.07, 6.45) is 0. The van der Waals surface area contributed by atoms with Crippen LogP contribution in [0.25, 0.3) is 0 Å². The van der Waals surface area contributed by atoms with Gasteiger partial charge in [-0.05, 0) is 60.1 Å². The molecule has 4 rings (SSSR count). The smallest absolute Gasteiger partial charge is 0.272 e. The topological polar surface area (TPSA) is 150 Å². The highest BCUT2D eigenvalue weighted by atomic mass is 35.7. The lowest BCUT2D eigenvalue weighted by Crippen LogP contribution is -2.68. The summed E-state index contributed by atoms with van der Waals surface area (Å²) in [7, 11) is -6.17. The van der Waals surface area contributed by atoms with Crippen molar-refractivity contribution < 1.29 is 38.5 Å². The average Bonchev–Trinajstić information content (AvgIpc) is 2.97. The molecule has 0 atom stereocenters. The molecule has 11 heteroatoms. The summed E-state index contributed by atoms with van der Waals surface area (Å²) in [6, 6.07) is 38.5. The highest BCUT2D eigenvalue weighted by Crippen LogP contribution is 2.64. The van der Waals surface area contributed by atoms with Crippen LogP contribution in [0.3, 0.4) is 0 Å². The monoisotopic (exact) mass is 598 g/mol. The van der Waals surface area contributed by atoms with Gasteiger partial charge in [0, 0.05) is 12.6 Å². The van der Waals surface area contributed by atoms with E-state index >= 15 is 0 Å². The quantitative estimate of drug-likeness (QED) is 0.222. The Bertz CT molecular complexity index is 1330. The van der Waals surface area contributed by atoms with E-state index in [4.69, 9.17) is 30.2 Å². The van der Waals surface area contributed by atoms with E-state index in [0.29, 0.717) is 10.3 Å². The first-order chi connectivity index (χ1) is 19.1. The molecule has 2 N–H and O–H groups in total. The van der Waals surface area contributed by atoms with Gasteiger partial charge in [0.1, 0.15) is 15.9 Å². The lowest BCUT2D eigenvalue weighted by atomic mass is 10.2. The van der Waals surface area contributed by atoms with Crippen LogP contribution in [0.15, 0.2) is 132 Å². The molecule has 4 aromatic carbocycles. The van der Waals surface area contributed by atoms with Crippen LogP contribution in [0, 0.1) is 10.2 Å². The second-order valence-electron chi connectivity index (χ2n) is 8.12. The number of hydrogen-bond donors (Lipinski definition) is 2. The van der Waals surface area contributed by atoms with Gasteiger partial charge in [-0.2, -0.15) is 0 Å². The van der Waals surface area contributed by atoms with Crippen molar-refractivity contribution in [2.75, 3.05) is 7.05 Å². The predicted octanol–water partition coefficient (Wildman–Crippen LogP) is -0.192. The normalized spacial score (nSPS) is 11.8. The molecule has 0 spiro atoms. The molecule has 0 bridgehead atoms. The van der Waals surface area contributed by atoms with Gasteiger partial charge in [0.15, 0.2) is 13.0 Å². The van der Waals surface area contributed by atoms with E-state index in [-0.39, 0.29) is 5.70 Å². The molecule has 4 aromatic rings. The van der Waals surface area contributed by atoms with Crippen LogP contribution in [-0.2, 0) is 4.79 Å². The Balaban J connectivity index is 0.000000810. The number of amides is 2. The Hall–Kier alpha value is -3.59. The molecule has 0 saturated carbocycles. The molecule has 0 aromatic heterocycles. The summed E-state index contributed by atoms with van der Waals surface area (Å²) >= 11 is 7.33. The van der Waals surface area contributed by atoms with Crippen LogP contribution in [-0.4, -0.2) is 18.9 Å². The van der Waals surface area contributed by atoms with E-state index < -0.39 is 29.3 Å². The van der Waals surface area contributed by atoms with Gasteiger partial charge in [-0.25, -0.2) is 18.6 Å². The van der Waals surface area contributed by atoms with Crippen LogP contribution >= 0.6 is 18.9 Å². The number of halogens is 2. The fourth-order valence-corrected chi connectivity index (χ4v) is 8.95. The van der Waals surface area contributed by atoms with Gasteiger partial charge in [0.05, 0.1) is 0 Å². The van der Waals surface area contributed by atoms with E-state index in [1.807, 2.05) is 97.1 Å². The molecule has 0 aliphatic rings. The van der Waals surface area contributed by atoms with Gasteiger partial charge in [0.25, 0.3) is 11.8 Å². The Labute approximate surface area is 239 Å². The minimum absolute atomic E-state index is 0.0351. The Kier molecular flexibility index (Phi) is 11.0. The third-order valence-corrected chi connectivity index (χ3v) is 10.6. The minimum atomic E-state index is -4.94. The Morgan fingerprint density at radius 1 is 0.650 bits per heavy atom. The largest absolute Gasteiger partial charge is 0.354 e. The van der Waals surface area contributed by atoms with Crippen molar-refractivity contribution in [1.82, 2.24) is 10.6 Å². The molecule has 206 valence electrons. The molecule has 0 fully saturated rings. The minimum Gasteiger partial charge on any atom is -0.354 e. The highest BCUT2D eigenvalue weighted by Gasteiger charge is 2.51. The zero-order valence-electron chi connectivity index (χ0n) is 21.2. The number of nitrogens with one attached hydrogen (secondary N) is 2. The third-order valence-electron chi connectivity index (χ3n) is 5.66. The molecular weight excluding hydrogens is 574 g/mol. The Morgan fingerprint density at radius 2 is 0.975 bits per heavy atom. The summed E-state index contributed by atoms with van der Waals surface area (Å²) in [4.78, 5) is 26.4. The number of rotatable bonds is 7. The van der Waals surface area contributed by atoms with Crippen LogP contribution in [0.2, 0.25) is 0 Å². The van der Waals surface area contributed by atoms with Gasteiger partial charge in [-0.15, -0.1) is 10.2 Å². The molecule has 8 nitrogen and oxygen atoms in total. The zero-order valence-corrected chi connectivity index (χ0v) is 23.6. The van der Waals surface area contributed by atoms with Crippen molar-refractivity contribution in [3.63, 3.8) is 0 Å². The van der Waals surface area contributed by atoms with Gasteiger partial charge in [0.2, 0.25) is 4.77 Å². The number of likely N-dealkylation sites (N-methyl/N-ethyl adjacent to an activating group) is 1. The fraction of sp³-hybridized carbons (Fsp3) is 0.0345. The van der Waals surface area contributed by atoms with E-state index in [0.717, 1.165) is 15.9 Å². The molecule has 0 aliphatic carbocycles. The average molecular weight is 599 g/mol. The molecule has 40 heavy (non-hydrogen) atoms. The van der Waals surface area contributed by atoms with Crippen molar-refractivity contribution >= 4 is 46.6 Å². The second kappa shape index (κ2) is 14.2. The van der Waals surface area contributed by atoms with Crippen LogP contribution < -0.4 is 45.2 Å². The first-order valence-electron chi connectivity index (χ1n) is 11.8. The van der Waals surface area contributed by atoms with Crippen LogP contribution in [0.5, 0.6) is 0 Å². The number of benzene rings is 4. The van der Waals surface area contributed by atoms with Gasteiger partial charge in [-0.1, -0.05) is 72.8 Å². The molecule has 0 aliphatic heterocycles. The highest BCUT2D eigenvalue weighted by molar-refractivity contribution is 8.00. The summed E-state index contributed by atoms with van der Waals surface area (Å²) in [5.41, 5.74) is 0.467. The van der Waals surface area contributed by atoms with E-state index in [9.17, 15) is 9.59 Å². The molecule has 2 amide bonds.